The third-order valence-corrected chi connectivity index (χ3v) is 2.29. The molecule has 0 amide bonds. The Morgan fingerprint density at radius 2 is 2.14 bits per heavy atom. The van der Waals surface area contributed by atoms with Crippen molar-refractivity contribution in [1.29, 1.82) is 0 Å². The molecule has 0 heterocycles. The Morgan fingerprint density at radius 3 is 2.64 bits per heavy atom. The molecule has 0 aliphatic rings. The van der Waals surface area contributed by atoms with Crippen LogP contribution in [0.1, 0.15) is 18.9 Å². The van der Waals surface area contributed by atoms with Gasteiger partial charge < -0.3 is 0 Å². The van der Waals surface area contributed by atoms with Gasteiger partial charge in [0.05, 0.1) is 0 Å². The minimum absolute atomic E-state index is 0.368. The summed E-state index contributed by atoms with van der Waals surface area (Å²) in [6.45, 7) is 1.94. The molecule has 0 saturated heterocycles. The molecule has 0 unspecified atom stereocenters. The molecule has 0 radical (unpaired) electrons. The highest BCUT2D eigenvalue weighted by atomic mass is 35.5. The van der Waals surface area contributed by atoms with Crippen molar-refractivity contribution in [1.82, 2.24) is 0 Å². The molecule has 14 heavy (non-hydrogen) atoms. The molecule has 0 aromatic heterocycles. The van der Waals surface area contributed by atoms with Crippen molar-refractivity contribution in [2.75, 3.05) is 5.88 Å². The predicted molar refractivity (Wildman–Crippen MR) is 55.3 cm³/mol. The maximum Gasteiger partial charge on any atom is 0.133 e. The zero-order valence-electron chi connectivity index (χ0n) is 7.86. The summed E-state index contributed by atoms with van der Waals surface area (Å²) in [7, 11) is 0. The Bertz CT molecular complexity index is 339. The van der Waals surface area contributed by atoms with Crippen molar-refractivity contribution in [2.24, 2.45) is 0 Å². The zero-order chi connectivity index (χ0) is 10.6. The van der Waals surface area contributed by atoms with E-state index >= 15 is 0 Å². The second kappa shape index (κ2) is 5.11. The minimum Gasteiger partial charge on any atom is -0.207 e. The van der Waals surface area contributed by atoms with E-state index in [4.69, 9.17) is 11.6 Å². The van der Waals surface area contributed by atoms with Gasteiger partial charge in [-0.25, -0.2) is 8.78 Å². The number of hydrogen-bond acceptors (Lipinski definition) is 0. The average Bonchev–Trinajstić information content (AvgIpc) is 2.17. The average molecular weight is 217 g/mol. The Hall–Kier alpha value is -0.890. The smallest absolute Gasteiger partial charge is 0.133 e. The van der Waals surface area contributed by atoms with Gasteiger partial charge in [-0.3, -0.25) is 0 Å². The first-order valence-corrected chi connectivity index (χ1v) is 4.91. The largest absolute Gasteiger partial charge is 0.207 e. The molecule has 1 aromatic rings. The van der Waals surface area contributed by atoms with Crippen LogP contribution in [-0.2, 0) is 0 Å². The van der Waals surface area contributed by atoms with Gasteiger partial charge in [-0.1, -0.05) is 18.6 Å². The molecule has 0 fully saturated rings. The molecule has 1 aromatic carbocycles. The van der Waals surface area contributed by atoms with E-state index in [9.17, 15) is 8.78 Å². The van der Waals surface area contributed by atoms with Gasteiger partial charge in [-0.05, 0) is 18.6 Å². The number of alkyl halides is 1. The SMILES string of the molecule is CCC(=Cc1ccc(F)cc1F)CCl. The zero-order valence-corrected chi connectivity index (χ0v) is 8.61. The Labute approximate surface area is 87.2 Å². The molecular formula is C11H11ClF2. The summed E-state index contributed by atoms with van der Waals surface area (Å²) in [6, 6.07) is 3.51. The molecule has 76 valence electrons. The monoisotopic (exact) mass is 216 g/mol. The number of benzene rings is 1. The highest BCUT2D eigenvalue weighted by Crippen LogP contribution is 2.15. The van der Waals surface area contributed by atoms with Crippen LogP contribution < -0.4 is 0 Å². The van der Waals surface area contributed by atoms with Gasteiger partial charge in [-0.2, -0.15) is 0 Å². The first kappa shape index (κ1) is 11.2. The first-order chi connectivity index (χ1) is 6.67. The number of allylic oxidation sites excluding steroid dienone is 1. The summed E-state index contributed by atoms with van der Waals surface area (Å²) in [4.78, 5) is 0. The summed E-state index contributed by atoms with van der Waals surface area (Å²) >= 11 is 5.64. The fourth-order valence-corrected chi connectivity index (χ4v) is 1.34. The van der Waals surface area contributed by atoms with Crippen molar-refractivity contribution >= 4 is 17.7 Å². The van der Waals surface area contributed by atoms with Crippen LogP contribution in [0, 0.1) is 11.6 Å². The van der Waals surface area contributed by atoms with Crippen molar-refractivity contribution < 1.29 is 8.78 Å². The van der Waals surface area contributed by atoms with E-state index in [-0.39, 0.29) is 0 Å². The molecule has 0 aliphatic heterocycles. The van der Waals surface area contributed by atoms with Gasteiger partial charge in [0.2, 0.25) is 0 Å². The topological polar surface area (TPSA) is 0 Å². The van der Waals surface area contributed by atoms with Crippen LogP contribution in [0.15, 0.2) is 23.8 Å². The van der Waals surface area contributed by atoms with E-state index in [2.05, 4.69) is 0 Å². The third kappa shape index (κ3) is 2.81. The fraction of sp³-hybridized carbons (Fsp3) is 0.273. The highest BCUT2D eigenvalue weighted by Gasteiger charge is 2.01. The first-order valence-electron chi connectivity index (χ1n) is 4.37. The number of halogens is 3. The van der Waals surface area contributed by atoms with Crippen LogP contribution in [0.3, 0.4) is 0 Å². The van der Waals surface area contributed by atoms with Crippen molar-refractivity contribution in [3.8, 4) is 0 Å². The summed E-state index contributed by atoms with van der Waals surface area (Å²) in [5.74, 6) is -0.752. The fourth-order valence-electron chi connectivity index (χ4n) is 1.07. The lowest BCUT2D eigenvalue weighted by Crippen LogP contribution is -1.87. The predicted octanol–water partition coefficient (Wildman–Crippen LogP) is 4.00. The van der Waals surface area contributed by atoms with E-state index in [1.807, 2.05) is 6.92 Å². The van der Waals surface area contributed by atoms with Crippen molar-refractivity contribution in [3.63, 3.8) is 0 Å². The Balaban J connectivity index is 3.02. The third-order valence-electron chi connectivity index (χ3n) is 1.95. The second-order valence-corrected chi connectivity index (χ2v) is 3.22. The molecule has 0 N–H and O–H groups in total. The van der Waals surface area contributed by atoms with Crippen LogP contribution in [-0.4, -0.2) is 5.88 Å². The summed E-state index contributed by atoms with van der Waals surface area (Å²) in [5, 5.41) is 0. The molecule has 0 bridgehead atoms. The van der Waals surface area contributed by atoms with Gasteiger partial charge in [0.25, 0.3) is 0 Å². The van der Waals surface area contributed by atoms with Gasteiger partial charge in [-0.15, -0.1) is 11.6 Å². The molecule has 0 nitrogen and oxygen atoms in total. The Morgan fingerprint density at radius 1 is 1.43 bits per heavy atom. The quantitative estimate of drug-likeness (QED) is 0.670. The van der Waals surface area contributed by atoms with E-state index in [0.717, 1.165) is 18.1 Å². The van der Waals surface area contributed by atoms with Crippen LogP contribution >= 0.6 is 11.6 Å². The Kier molecular flexibility index (Phi) is 4.08. The van der Waals surface area contributed by atoms with E-state index in [1.54, 1.807) is 6.08 Å². The van der Waals surface area contributed by atoms with E-state index < -0.39 is 11.6 Å². The van der Waals surface area contributed by atoms with Crippen LogP contribution in [0.4, 0.5) is 8.78 Å². The second-order valence-electron chi connectivity index (χ2n) is 2.96. The van der Waals surface area contributed by atoms with E-state index in [1.165, 1.54) is 12.1 Å². The summed E-state index contributed by atoms with van der Waals surface area (Å²) in [5.41, 5.74) is 1.31. The molecule has 0 saturated carbocycles. The van der Waals surface area contributed by atoms with E-state index in [0.29, 0.717) is 11.4 Å². The molecular weight excluding hydrogens is 206 g/mol. The van der Waals surface area contributed by atoms with Gasteiger partial charge in [0, 0.05) is 17.5 Å². The van der Waals surface area contributed by atoms with Gasteiger partial charge >= 0.3 is 0 Å². The molecule has 1 rings (SSSR count). The van der Waals surface area contributed by atoms with Gasteiger partial charge in [0.1, 0.15) is 11.6 Å². The van der Waals surface area contributed by atoms with Crippen LogP contribution in [0.5, 0.6) is 0 Å². The lowest BCUT2D eigenvalue weighted by atomic mass is 10.1. The highest BCUT2D eigenvalue weighted by molar-refractivity contribution is 6.19. The lowest BCUT2D eigenvalue weighted by molar-refractivity contribution is 0.581. The normalized spacial score (nSPS) is 11.9. The molecule has 0 aliphatic carbocycles. The standard InChI is InChI=1S/C11H11ClF2/c1-2-8(7-12)5-9-3-4-10(13)6-11(9)14/h3-6H,2,7H2,1H3. The molecule has 0 spiro atoms. The van der Waals surface area contributed by atoms with Crippen LogP contribution in [0.25, 0.3) is 6.08 Å². The summed E-state index contributed by atoms with van der Waals surface area (Å²) in [6.07, 6.45) is 2.42. The van der Waals surface area contributed by atoms with Crippen LogP contribution in [0.2, 0.25) is 0 Å². The molecule has 0 atom stereocenters. The van der Waals surface area contributed by atoms with Crippen molar-refractivity contribution in [3.05, 3.63) is 41.0 Å². The summed E-state index contributed by atoms with van der Waals surface area (Å²) < 4.78 is 25.7. The molecule has 3 heteroatoms. The van der Waals surface area contributed by atoms with Gasteiger partial charge in [0.15, 0.2) is 0 Å². The maximum atomic E-state index is 13.2. The van der Waals surface area contributed by atoms with Crippen molar-refractivity contribution in [2.45, 2.75) is 13.3 Å². The number of hydrogen-bond donors (Lipinski definition) is 0. The maximum absolute atomic E-state index is 13.2. The minimum atomic E-state index is -0.566. The lowest BCUT2D eigenvalue weighted by Gasteiger charge is -2.01. The number of rotatable bonds is 3.